The van der Waals surface area contributed by atoms with Crippen LogP contribution in [0.2, 0.25) is 0 Å². The van der Waals surface area contributed by atoms with E-state index in [0.29, 0.717) is 28.1 Å². The number of benzene rings is 2. The average molecular weight is 477 g/mol. The van der Waals surface area contributed by atoms with Gasteiger partial charge in [0.05, 0.1) is 16.5 Å². The van der Waals surface area contributed by atoms with Crippen molar-refractivity contribution >= 4 is 33.4 Å². The van der Waals surface area contributed by atoms with Crippen molar-refractivity contribution in [2.75, 3.05) is 0 Å². The minimum atomic E-state index is -1.05. The molecule has 0 aliphatic heterocycles. The number of furan rings is 1. The Hall–Kier alpha value is -4.58. The predicted molar refractivity (Wildman–Crippen MR) is 140 cm³/mol. The summed E-state index contributed by atoms with van der Waals surface area (Å²) in [6.07, 6.45) is 3.68. The molecule has 1 atom stereocenters. The number of hydrogen-bond donors (Lipinski definition) is 1. The van der Waals surface area contributed by atoms with Gasteiger partial charge < -0.3 is 18.7 Å². The summed E-state index contributed by atoms with van der Waals surface area (Å²) in [5.41, 5.74) is 5.78. The third-order valence-corrected chi connectivity index (χ3v) is 6.76. The number of fused-ring (bicyclic) bond motifs is 3. The molecule has 4 aromatic heterocycles. The maximum atomic E-state index is 12.5. The SMILES string of the molecule is Cc1c(-c2cc(C(=O)O)c3c(OC(C)c4ccn5cccc5c4)ccc(C)c3n2)oc2ccccc12. The van der Waals surface area contributed by atoms with Crippen molar-refractivity contribution in [3.8, 4) is 17.2 Å². The van der Waals surface area contributed by atoms with E-state index < -0.39 is 5.97 Å². The number of aryl methyl sites for hydroxylation is 2. The summed E-state index contributed by atoms with van der Waals surface area (Å²) in [5, 5.41) is 11.7. The van der Waals surface area contributed by atoms with Gasteiger partial charge in [-0.2, -0.15) is 0 Å². The van der Waals surface area contributed by atoms with E-state index in [-0.39, 0.29) is 11.7 Å². The summed E-state index contributed by atoms with van der Waals surface area (Å²) >= 11 is 0. The molecule has 0 fully saturated rings. The second kappa shape index (κ2) is 8.27. The highest BCUT2D eigenvalue weighted by molar-refractivity contribution is 6.07. The van der Waals surface area contributed by atoms with E-state index in [1.54, 1.807) is 6.07 Å². The van der Waals surface area contributed by atoms with Gasteiger partial charge in [0, 0.05) is 28.9 Å². The molecule has 36 heavy (non-hydrogen) atoms. The number of nitrogens with zero attached hydrogens (tertiary/aromatic N) is 2. The molecule has 1 unspecified atom stereocenters. The zero-order chi connectivity index (χ0) is 25.0. The van der Waals surface area contributed by atoms with Crippen LogP contribution in [-0.4, -0.2) is 20.5 Å². The van der Waals surface area contributed by atoms with Crippen molar-refractivity contribution < 1.29 is 19.1 Å². The second-order valence-corrected chi connectivity index (χ2v) is 9.08. The Morgan fingerprint density at radius 3 is 2.67 bits per heavy atom. The standard InChI is InChI=1S/C30H24N2O4/c1-17-10-11-26(35-19(3)20-12-14-32-13-6-7-21(32)15-20)27-23(30(33)34)16-24(31-28(17)27)29-18(2)22-8-4-5-9-25(22)36-29/h4-16,19H,1-3H3,(H,33,34). The van der Waals surface area contributed by atoms with Crippen molar-refractivity contribution in [1.82, 2.24) is 9.38 Å². The topological polar surface area (TPSA) is 77.0 Å². The van der Waals surface area contributed by atoms with E-state index in [1.807, 2.05) is 92.2 Å². The highest BCUT2D eigenvalue weighted by atomic mass is 16.5. The number of carboxylic acid groups (broad SMARTS) is 1. The number of aromatic nitrogens is 2. The monoisotopic (exact) mass is 476 g/mol. The van der Waals surface area contributed by atoms with Crippen molar-refractivity contribution in [3.63, 3.8) is 0 Å². The van der Waals surface area contributed by atoms with Crippen molar-refractivity contribution in [2.45, 2.75) is 26.9 Å². The highest BCUT2D eigenvalue weighted by Crippen LogP contribution is 2.38. The van der Waals surface area contributed by atoms with E-state index in [1.165, 1.54) is 0 Å². The maximum Gasteiger partial charge on any atom is 0.336 e. The lowest BCUT2D eigenvalue weighted by Crippen LogP contribution is -2.07. The molecule has 6 rings (SSSR count). The van der Waals surface area contributed by atoms with Gasteiger partial charge in [-0.05, 0) is 74.4 Å². The lowest BCUT2D eigenvalue weighted by Gasteiger charge is -2.19. The summed E-state index contributed by atoms with van der Waals surface area (Å²) in [7, 11) is 0. The first kappa shape index (κ1) is 21.9. The largest absolute Gasteiger partial charge is 0.485 e. The normalized spacial score (nSPS) is 12.4. The summed E-state index contributed by atoms with van der Waals surface area (Å²) in [4.78, 5) is 17.4. The molecular formula is C30H24N2O4. The molecule has 6 aromatic rings. The maximum absolute atomic E-state index is 12.5. The molecule has 0 radical (unpaired) electrons. The van der Waals surface area contributed by atoms with Crippen molar-refractivity contribution in [1.29, 1.82) is 0 Å². The fourth-order valence-corrected chi connectivity index (χ4v) is 4.81. The average Bonchev–Trinajstić information content (AvgIpc) is 3.49. The third kappa shape index (κ3) is 3.50. The molecule has 0 bridgehead atoms. The Labute approximate surface area is 207 Å². The van der Waals surface area contributed by atoms with Crippen molar-refractivity contribution in [2.24, 2.45) is 0 Å². The smallest absolute Gasteiger partial charge is 0.336 e. The predicted octanol–water partition coefficient (Wildman–Crippen LogP) is 7.36. The van der Waals surface area contributed by atoms with Gasteiger partial charge in [0.2, 0.25) is 0 Å². The van der Waals surface area contributed by atoms with Gasteiger partial charge in [-0.3, -0.25) is 0 Å². The number of ether oxygens (including phenoxy) is 1. The van der Waals surface area contributed by atoms with Crippen LogP contribution in [0.5, 0.6) is 5.75 Å². The Bertz CT molecular complexity index is 1790. The lowest BCUT2D eigenvalue weighted by atomic mass is 10.0. The number of carboxylic acids is 1. The molecule has 0 saturated carbocycles. The molecule has 6 heteroatoms. The molecule has 0 aliphatic rings. The lowest BCUT2D eigenvalue weighted by molar-refractivity contribution is 0.0698. The molecular weight excluding hydrogens is 452 g/mol. The molecule has 0 spiro atoms. The van der Waals surface area contributed by atoms with E-state index in [9.17, 15) is 9.90 Å². The fraction of sp³-hybridized carbons (Fsp3) is 0.133. The van der Waals surface area contributed by atoms with Crippen LogP contribution in [0, 0.1) is 13.8 Å². The zero-order valence-electron chi connectivity index (χ0n) is 20.1. The van der Waals surface area contributed by atoms with E-state index in [2.05, 4.69) is 6.07 Å². The van der Waals surface area contributed by atoms with Crippen molar-refractivity contribution in [3.05, 3.63) is 101 Å². The van der Waals surface area contributed by atoms with Crippen LogP contribution < -0.4 is 4.74 Å². The fourth-order valence-electron chi connectivity index (χ4n) is 4.81. The van der Waals surface area contributed by atoms with Crippen LogP contribution in [0.15, 0.2) is 83.5 Å². The molecule has 6 nitrogen and oxygen atoms in total. The molecule has 0 amide bonds. The molecule has 2 aromatic carbocycles. The minimum Gasteiger partial charge on any atom is -0.485 e. The highest BCUT2D eigenvalue weighted by Gasteiger charge is 2.22. The van der Waals surface area contributed by atoms with Gasteiger partial charge in [-0.25, -0.2) is 9.78 Å². The van der Waals surface area contributed by atoms with Crippen LogP contribution in [0.3, 0.4) is 0 Å². The van der Waals surface area contributed by atoms with Gasteiger partial charge in [-0.15, -0.1) is 0 Å². The molecule has 178 valence electrons. The zero-order valence-corrected chi connectivity index (χ0v) is 20.1. The Morgan fingerprint density at radius 2 is 1.86 bits per heavy atom. The van der Waals surface area contributed by atoms with Crippen LogP contribution in [0.25, 0.3) is 38.8 Å². The first-order chi connectivity index (χ1) is 17.4. The number of aromatic carboxylic acids is 1. The summed E-state index contributed by atoms with van der Waals surface area (Å²) in [6.45, 7) is 5.84. The number of hydrogen-bond acceptors (Lipinski definition) is 4. The number of para-hydroxylation sites is 1. The summed E-state index contributed by atoms with van der Waals surface area (Å²) in [5.74, 6) is 0.00597. The molecule has 0 saturated heterocycles. The Morgan fingerprint density at radius 1 is 1.03 bits per heavy atom. The summed E-state index contributed by atoms with van der Waals surface area (Å²) < 4.78 is 14.5. The summed E-state index contributed by atoms with van der Waals surface area (Å²) in [6, 6.07) is 21.2. The van der Waals surface area contributed by atoms with Gasteiger partial charge in [0.1, 0.15) is 23.1 Å². The number of carbonyl (C=O) groups is 1. The van der Waals surface area contributed by atoms with Gasteiger partial charge >= 0.3 is 5.97 Å². The third-order valence-electron chi connectivity index (χ3n) is 6.76. The number of rotatable bonds is 5. The van der Waals surface area contributed by atoms with Crippen LogP contribution in [-0.2, 0) is 0 Å². The van der Waals surface area contributed by atoms with Crippen LogP contribution >= 0.6 is 0 Å². The van der Waals surface area contributed by atoms with Crippen LogP contribution in [0.1, 0.15) is 40.1 Å². The minimum absolute atomic E-state index is 0.128. The quantitative estimate of drug-likeness (QED) is 0.281. The van der Waals surface area contributed by atoms with Gasteiger partial charge in [0.25, 0.3) is 0 Å². The van der Waals surface area contributed by atoms with E-state index in [0.717, 1.165) is 33.2 Å². The molecule has 4 heterocycles. The molecule has 1 N–H and O–H groups in total. The first-order valence-electron chi connectivity index (χ1n) is 11.8. The molecule has 0 aliphatic carbocycles. The van der Waals surface area contributed by atoms with Gasteiger partial charge in [-0.1, -0.05) is 24.3 Å². The Kier molecular flexibility index (Phi) is 5.04. The van der Waals surface area contributed by atoms with E-state index in [4.69, 9.17) is 14.1 Å². The first-order valence-corrected chi connectivity index (χ1v) is 11.8. The van der Waals surface area contributed by atoms with Gasteiger partial charge in [0.15, 0.2) is 5.76 Å². The second-order valence-electron chi connectivity index (χ2n) is 9.08. The Balaban J connectivity index is 1.49. The van der Waals surface area contributed by atoms with E-state index >= 15 is 0 Å². The van der Waals surface area contributed by atoms with Crippen LogP contribution in [0.4, 0.5) is 0 Å². The number of pyridine rings is 2.